The molecule has 3 rings (SSSR count). The fraction of sp³-hybridized carbons (Fsp3) is 0.200. The predicted molar refractivity (Wildman–Crippen MR) is 90.2 cm³/mol. The van der Waals surface area contributed by atoms with Gasteiger partial charge in [-0.1, -0.05) is 0 Å². The highest BCUT2D eigenvalue weighted by molar-refractivity contribution is 7.20. The third-order valence-electron chi connectivity index (χ3n) is 3.66. The zero-order chi connectivity index (χ0) is 18.1. The number of thiophene rings is 1. The third kappa shape index (κ3) is 2.65. The molecule has 0 radical (unpaired) electrons. The molecule has 0 aromatic carbocycles. The lowest BCUT2D eigenvalue weighted by Crippen LogP contribution is -2.17. The number of nitrogens with one attached hydrogen (secondary N) is 2. The summed E-state index contributed by atoms with van der Waals surface area (Å²) < 4.78 is 1.35. The number of aryl methyl sites for hydroxylation is 2. The van der Waals surface area contributed by atoms with Crippen LogP contribution in [-0.2, 0) is 13.5 Å². The number of anilines is 1. The predicted octanol–water partition coefficient (Wildman–Crippen LogP) is 1.22. The van der Waals surface area contributed by atoms with Crippen molar-refractivity contribution >= 4 is 33.3 Å². The number of nitriles is 2. The largest absolute Gasteiger partial charge is 0.303 e. The molecular weight excluding hydrogens is 342 g/mol. The average molecular weight is 353 g/mol. The number of rotatable bonds is 3. The highest BCUT2D eigenvalue weighted by Crippen LogP contribution is 2.28. The molecule has 3 aromatic heterocycles. The number of carbonyl (C=O) groups excluding carboxylic acids is 1. The van der Waals surface area contributed by atoms with Crippen LogP contribution in [0.4, 0.5) is 5.82 Å². The van der Waals surface area contributed by atoms with Crippen molar-refractivity contribution in [1.29, 1.82) is 10.5 Å². The lowest BCUT2D eigenvalue weighted by molar-refractivity contribution is 0.102. The van der Waals surface area contributed by atoms with Crippen molar-refractivity contribution in [2.45, 2.75) is 13.3 Å². The van der Waals surface area contributed by atoms with E-state index in [0.29, 0.717) is 26.4 Å². The quantitative estimate of drug-likeness (QED) is 0.725. The average Bonchev–Trinajstić information content (AvgIpc) is 3.12. The molecule has 0 fully saturated rings. The summed E-state index contributed by atoms with van der Waals surface area (Å²) in [7, 11) is 1.59. The van der Waals surface area contributed by atoms with Crippen LogP contribution in [0, 0.1) is 29.6 Å². The molecule has 1 amide bonds. The second-order valence-electron chi connectivity index (χ2n) is 5.22. The first-order chi connectivity index (χ1) is 12.0. The lowest BCUT2D eigenvalue weighted by Gasteiger charge is -2.01. The summed E-state index contributed by atoms with van der Waals surface area (Å²) in [6.07, 6.45) is 1.38. The van der Waals surface area contributed by atoms with E-state index in [4.69, 9.17) is 5.26 Å². The number of hydrogen-bond acceptors (Lipinski definition) is 7. The summed E-state index contributed by atoms with van der Waals surface area (Å²) in [4.78, 5) is 29.8. The Morgan fingerprint density at radius 2 is 2.24 bits per heavy atom. The molecule has 0 unspecified atom stereocenters. The maximum atomic E-state index is 12.6. The molecule has 124 valence electrons. The van der Waals surface area contributed by atoms with E-state index in [1.807, 2.05) is 12.1 Å². The summed E-state index contributed by atoms with van der Waals surface area (Å²) in [5.74, 6) is -0.440. The maximum absolute atomic E-state index is 12.6. The molecule has 2 N–H and O–H groups in total. The van der Waals surface area contributed by atoms with Crippen LogP contribution in [0.1, 0.15) is 26.5 Å². The van der Waals surface area contributed by atoms with Crippen molar-refractivity contribution in [2.75, 3.05) is 5.32 Å². The van der Waals surface area contributed by atoms with E-state index in [2.05, 4.69) is 20.5 Å². The number of amides is 1. The summed E-state index contributed by atoms with van der Waals surface area (Å²) in [5, 5.41) is 27.4. The van der Waals surface area contributed by atoms with Gasteiger partial charge in [-0.15, -0.1) is 11.3 Å². The van der Waals surface area contributed by atoms with Gasteiger partial charge in [0, 0.05) is 7.05 Å². The summed E-state index contributed by atoms with van der Waals surface area (Å²) in [6.45, 7) is 1.67. The number of nitrogens with zero attached hydrogens (tertiary/aromatic N) is 5. The second kappa shape index (κ2) is 6.19. The molecule has 0 aliphatic rings. The van der Waals surface area contributed by atoms with Gasteiger partial charge < -0.3 is 9.88 Å². The van der Waals surface area contributed by atoms with Gasteiger partial charge in [0.05, 0.1) is 34.8 Å². The SMILES string of the molecule is Cc1c(C(=O)Nc2n[nH]c(CC#N)c2C#N)sc2ncn(C)c(=O)c12. The van der Waals surface area contributed by atoms with Crippen LogP contribution in [0.25, 0.3) is 10.2 Å². The molecule has 3 aromatic rings. The van der Waals surface area contributed by atoms with E-state index in [-0.39, 0.29) is 23.4 Å². The van der Waals surface area contributed by atoms with E-state index < -0.39 is 5.91 Å². The Hall–Kier alpha value is -3.50. The number of H-pyrrole nitrogens is 1. The van der Waals surface area contributed by atoms with Gasteiger partial charge in [-0.2, -0.15) is 15.6 Å². The Morgan fingerprint density at radius 3 is 2.92 bits per heavy atom. The lowest BCUT2D eigenvalue weighted by atomic mass is 10.2. The standard InChI is InChI=1S/C15H11N7O2S/c1-7-10-14(18-6-22(2)15(10)24)25-11(7)13(23)19-12-8(5-17)9(3-4-16)20-21-12/h6H,3H2,1-2H3,(H2,19,20,21,23). The first-order valence-corrected chi connectivity index (χ1v) is 7.90. The van der Waals surface area contributed by atoms with Gasteiger partial charge in [0.15, 0.2) is 5.82 Å². The van der Waals surface area contributed by atoms with Gasteiger partial charge in [0.25, 0.3) is 11.5 Å². The van der Waals surface area contributed by atoms with Crippen molar-refractivity contribution in [1.82, 2.24) is 19.7 Å². The second-order valence-corrected chi connectivity index (χ2v) is 6.22. The topological polar surface area (TPSA) is 140 Å². The van der Waals surface area contributed by atoms with Crippen LogP contribution in [0.3, 0.4) is 0 Å². The van der Waals surface area contributed by atoms with Crippen molar-refractivity contribution in [3.63, 3.8) is 0 Å². The maximum Gasteiger partial charge on any atom is 0.267 e. The van der Waals surface area contributed by atoms with Crippen LogP contribution in [-0.4, -0.2) is 25.7 Å². The minimum atomic E-state index is -0.492. The van der Waals surface area contributed by atoms with Crippen LogP contribution in [0.15, 0.2) is 11.1 Å². The summed E-state index contributed by atoms with van der Waals surface area (Å²) in [5.41, 5.74) is 0.746. The zero-order valence-electron chi connectivity index (χ0n) is 13.2. The van der Waals surface area contributed by atoms with Gasteiger partial charge >= 0.3 is 0 Å². The van der Waals surface area contributed by atoms with Gasteiger partial charge in [-0.05, 0) is 12.5 Å². The fourth-order valence-electron chi connectivity index (χ4n) is 2.39. The number of aromatic nitrogens is 4. The number of aromatic amines is 1. The molecule has 0 bridgehead atoms. The van der Waals surface area contributed by atoms with Crippen molar-refractivity contribution < 1.29 is 4.79 Å². The van der Waals surface area contributed by atoms with Crippen molar-refractivity contribution in [2.24, 2.45) is 7.05 Å². The van der Waals surface area contributed by atoms with Gasteiger partial charge in [0.2, 0.25) is 0 Å². The molecule has 3 heterocycles. The van der Waals surface area contributed by atoms with Gasteiger partial charge in [-0.3, -0.25) is 14.7 Å². The molecule has 0 aliphatic heterocycles. The Morgan fingerprint density at radius 1 is 1.48 bits per heavy atom. The van der Waals surface area contributed by atoms with Crippen molar-refractivity contribution in [3.05, 3.63) is 38.4 Å². The number of fused-ring (bicyclic) bond motifs is 1. The number of hydrogen-bond donors (Lipinski definition) is 2. The molecule has 10 heteroatoms. The van der Waals surface area contributed by atoms with Gasteiger partial charge in [-0.25, -0.2) is 4.98 Å². The van der Waals surface area contributed by atoms with E-state index >= 15 is 0 Å². The van der Waals surface area contributed by atoms with Crippen molar-refractivity contribution in [3.8, 4) is 12.1 Å². The fourth-order valence-corrected chi connectivity index (χ4v) is 3.42. The first kappa shape index (κ1) is 16.4. The zero-order valence-corrected chi connectivity index (χ0v) is 14.1. The summed E-state index contributed by atoms with van der Waals surface area (Å²) in [6, 6.07) is 3.84. The van der Waals surface area contributed by atoms with E-state index in [1.54, 1.807) is 14.0 Å². The molecule has 0 spiro atoms. The molecule has 0 saturated carbocycles. The van der Waals surface area contributed by atoms with Crippen LogP contribution >= 0.6 is 11.3 Å². The van der Waals surface area contributed by atoms with Gasteiger partial charge in [0.1, 0.15) is 16.5 Å². The molecule has 0 saturated heterocycles. The number of carbonyl (C=O) groups is 1. The van der Waals surface area contributed by atoms with Crippen LogP contribution in [0.5, 0.6) is 0 Å². The van der Waals surface area contributed by atoms with E-state index in [9.17, 15) is 14.9 Å². The summed E-state index contributed by atoms with van der Waals surface area (Å²) >= 11 is 1.09. The third-order valence-corrected chi connectivity index (χ3v) is 4.86. The van der Waals surface area contributed by atoms with E-state index in [0.717, 1.165) is 11.3 Å². The first-order valence-electron chi connectivity index (χ1n) is 7.08. The van der Waals surface area contributed by atoms with E-state index in [1.165, 1.54) is 10.9 Å². The Kier molecular flexibility index (Phi) is 4.05. The Balaban J connectivity index is 2.01. The molecule has 9 nitrogen and oxygen atoms in total. The van der Waals surface area contributed by atoms with Crippen LogP contribution < -0.4 is 10.9 Å². The highest BCUT2D eigenvalue weighted by atomic mass is 32.1. The molecule has 0 aliphatic carbocycles. The molecular formula is C15H11N7O2S. The molecule has 25 heavy (non-hydrogen) atoms. The smallest absolute Gasteiger partial charge is 0.267 e. The molecule has 0 atom stereocenters. The highest BCUT2D eigenvalue weighted by Gasteiger charge is 2.21. The normalized spacial score (nSPS) is 10.4. The van der Waals surface area contributed by atoms with Crippen LogP contribution in [0.2, 0.25) is 0 Å². The minimum Gasteiger partial charge on any atom is -0.303 e. The minimum absolute atomic E-state index is 0.0202. The Bertz CT molecular complexity index is 1140. The monoisotopic (exact) mass is 353 g/mol. The Labute approximate surface area is 145 Å².